The highest BCUT2D eigenvalue weighted by molar-refractivity contribution is 5.95. The van der Waals surface area contributed by atoms with Crippen LogP contribution in [0.25, 0.3) is 0 Å². The van der Waals surface area contributed by atoms with Crippen molar-refractivity contribution >= 4 is 17.5 Å². The number of nitrogen functional groups attached to an aromatic ring is 1. The van der Waals surface area contributed by atoms with Crippen molar-refractivity contribution in [3.05, 3.63) is 17.8 Å². The van der Waals surface area contributed by atoms with Crippen LogP contribution in [-0.4, -0.2) is 49.6 Å². The van der Waals surface area contributed by atoms with Crippen LogP contribution in [0.2, 0.25) is 0 Å². The Balaban J connectivity index is 2.03. The van der Waals surface area contributed by atoms with Gasteiger partial charge in [0.25, 0.3) is 0 Å². The fourth-order valence-electron chi connectivity index (χ4n) is 2.57. The number of carbonyl (C=O) groups excluding carboxylic acids is 1. The quantitative estimate of drug-likeness (QED) is 0.806. The summed E-state index contributed by atoms with van der Waals surface area (Å²) in [5.74, 6) is 0.686. The number of pyridine rings is 1. The lowest BCUT2D eigenvalue weighted by molar-refractivity contribution is 0.0601. The van der Waals surface area contributed by atoms with Gasteiger partial charge in [0.15, 0.2) is 0 Å². The van der Waals surface area contributed by atoms with E-state index in [-0.39, 0.29) is 0 Å². The Hall–Kier alpha value is -1.82. The lowest BCUT2D eigenvalue weighted by Gasteiger charge is -2.29. The van der Waals surface area contributed by atoms with Crippen LogP contribution >= 0.6 is 0 Å². The second-order valence-corrected chi connectivity index (χ2v) is 5.31. The summed E-state index contributed by atoms with van der Waals surface area (Å²) < 4.78 is 4.76. The summed E-state index contributed by atoms with van der Waals surface area (Å²) in [6, 6.07) is 1.59. The van der Waals surface area contributed by atoms with Crippen molar-refractivity contribution in [1.82, 2.24) is 9.88 Å². The molecule has 3 N–H and O–H groups in total. The molecule has 1 unspecified atom stereocenters. The minimum absolute atomic E-state index is 0.386. The van der Waals surface area contributed by atoms with Crippen LogP contribution in [0.5, 0.6) is 0 Å². The maximum absolute atomic E-state index is 11.7. The molecule has 1 atom stereocenters. The van der Waals surface area contributed by atoms with Gasteiger partial charge in [-0.25, -0.2) is 9.78 Å². The Labute approximate surface area is 119 Å². The van der Waals surface area contributed by atoms with Gasteiger partial charge in [-0.05, 0) is 38.4 Å². The summed E-state index contributed by atoms with van der Waals surface area (Å²) in [4.78, 5) is 18.3. The fourth-order valence-corrected chi connectivity index (χ4v) is 2.57. The SMILES string of the molecule is COC(=O)c1cc(N)cnc1NCC1CCCN(C)C1. The first-order chi connectivity index (χ1) is 9.60. The molecule has 1 aromatic heterocycles. The summed E-state index contributed by atoms with van der Waals surface area (Å²) in [5, 5.41) is 3.25. The van der Waals surface area contributed by atoms with Crippen LogP contribution in [0.3, 0.4) is 0 Å². The molecule has 2 heterocycles. The van der Waals surface area contributed by atoms with Crippen LogP contribution in [0, 0.1) is 5.92 Å². The first-order valence-electron chi connectivity index (χ1n) is 6.86. The van der Waals surface area contributed by atoms with E-state index in [1.165, 1.54) is 20.0 Å². The van der Waals surface area contributed by atoms with Crippen molar-refractivity contribution in [2.45, 2.75) is 12.8 Å². The van der Waals surface area contributed by atoms with Crippen LogP contribution in [0.4, 0.5) is 11.5 Å². The predicted octanol–water partition coefficient (Wildman–Crippen LogP) is 1.20. The van der Waals surface area contributed by atoms with Crippen molar-refractivity contribution in [3.63, 3.8) is 0 Å². The Kier molecular flexibility index (Phi) is 4.79. The Bertz CT molecular complexity index is 478. The molecule has 0 bridgehead atoms. The van der Waals surface area contributed by atoms with E-state index in [4.69, 9.17) is 10.5 Å². The molecule has 1 aliphatic heterocycles. The molecule has 0 spiro atoms. The van der Waals surface area contributed by atoms with Gasteiger partial charge in [0.2, 0.25) is 0 Å². The summed E-state index contributed by atoms with van der Waals surface area (Å²) >= 11 is 0. The number of carbonyl (C=O) groups is 1. The largest absolute Gasteiger partial charge is 0.465 e. The average molecular weight is 278 g/mol. The van der Waals surface area contributed by atoms with Gasteiger partial charge >= 0.3 is 5.97 Å². The molecule has 2 rings (SSSR count). The van der Waals surface area contributed by atoms with Gasteiger partial charge in [-0.3, -0.25) is 0 Å². The minimum atomic E-state index is -0.423. The molecule has 1 aliphatic rings. The smallest absolute Gasteiger partial charge is 0.341 e. The molecule has 110 valence electrons. The number of likely N-dealkylation sites (tertiary alicyclic amines) is 1. The van der Waals surface area contributed by atoms with Crippen LogP contribution in [0.15, 0.2) is 12.3 Å². The maximum atomic E-state index is 11.7. The van der Waals surface area contributed by atoms with Crippen LogP contribution in [-0.2, 0) is 4.74 Å². The van der Waals surface area contributed by atoms with E-state index in [0.717, 1.165) is 19.6 Å². The molecule has 20 heavy (non-hydrogen) atoms. The highest BCUT2D eigenvalue weighted by Crippen LogP contribution is 2.19. The second-order valence-electron chi connectivity index (χ2n) is 5.31. The standard InChI is InChI=1S/C14H22N4O2/c1-18-5-3-4-10(9-18)7-16-13-12(14(19)20-2)6-11(15)8-17-13/h6,8,10H,3-5,7,9,15H2,1-2H3,(H,16,17). The van der Waals surface area contributed by atoms with Crippen molar-refractivity contribution in [1.29, 1.82) is 0 Å². The van der Waals surface area contributed by atoms with Gasteiger partial charge in [-0.1, -0.05) is 0 Å². The fraction of sp³-hybridized carbons (Fsp3) is 0.571. The highest BCUT2D eigenvalue weighted by Gasteiger charge is 2.19. The summed E-state index contributed by atoms with van der Waals surface area (Å²) in [6.07, 6.45) is 3.95. The number of nitrogens with zero attached hydrogens (tertiary/aromatic N) is 2. The normalized spacial score (nSPS) is 19.6. The lowest BCUT2D eigenvalue weighted by Crippen LogP contribution is -2.35. The van der Waals surface area contributed by atoms with Crippen LogP contribution in [0.1, 0.15) is 23.2 Å². The molecule has 0 saturated carbocycles. The molecule has 1 aromatic rings. The van der Waals surface area contributed by atoms with E-state index in [2.05, 4.69) is 22.2 Å². The molecule has 0 aromatic carbocycles. The van der Waals surface area contributed by atoms with Gasteiger partial charge in [0.1, 0.15) is 11.4 Å². The molecule has 6 nitrogen and oxygen atoms in total. The molecule has 6 heteroatoms. The van der Waals surface area contributed by atoms with Gasteiger partial charge in [0, 0.05) is 13.1 Å². The third kappa shape index (κ3) is 3.60. The Morgan fingerprint density at radius 1 is 1.65 bits per heavy atom. The van der Waals surface area contributed by atoms with Gasteiger partial charge in [-0.2, -0.15) is 0 Å². The molecule has 0 aliphatic carbocycles. The number of hydrogen-bond donors (Lipinski definition) is 2. The van der Waals surface area contributed by atoms with Crippen LogP contribution < -0.4 is 11.1 Å². The summed E-state index contributed by atoms with van der Waals surface area (Å²) in [7, 11) is 3.49. The predicted molar refractivity (Wildman–Crippen MR) is 78.7 cm³/mol. The highest BCUT2D eigenvalue weighted by atomic mass is 16.5. The zero-order valence-corrected chi connectivity index (χ0v) is 12.1. The van der Waals surface area contributed by atoms with Crippen molar-refractivity contribution in [3.8, 4) is 0 Å². The number of aromatic nitrogens is 1. The Morgan fingerprint density at radius 2 is 2.45 bits per heavy atom. The Morgan fingerprint density at radius 3 is 3.15 bits per heavy atom. The number of esters is 1. The van der Waals surface area contributed by atoms with Gasteiger partial charge in [-0.15, -0.1) is 0 Å². The van der Waals surface area contributed by atoms with Crippen molar-refractivity contribution in [2.75, 3.05) is 44.8 Å². The van der Waals surface area contributed by atoms with E-state index in [0.29, 0.717) is 23.0 Å². The van der Waals surface area contributed by atoms with Gasteiger partial charge in [0.05, 0.1) is 19.0 Å². The number of ether oxygens (including phenoxy) is 1. The number of rotatable bonds is 4. The number of nitrogens with two attached hydrogens (primary N) is 1. The second kappa shape index (κ2) is 6.56. The molecule has 1 fully saturated rings. The molecule has 0 radical (unpaired) electrons. The summed E-state index contributed by atoms with van der Waals surface area (Å²) in [6.45, 7) is 3.02. The maximum Gasteiger partial charge on any atom is 0.341 e. The first-order valence-corrected chi connectivity index (χ1v) is 6.86. The number of hydrogen-bond acceptors (Lipinski definition) is 6. The third-order valence-corrected chi connectivity index (χ3v) is 3.59. The van der Waals surface area contributed by atoms with E-state index >= 15 is 0 Å². The van der Waals surface area contributed by atoms with E-state index in [1.807, 2.05) is 0 Å². The first kappa shape index (κ1) is 14.6. The number of piperidine rings is 1. The van der Waals surface area contributed by atoms with E-state index in [1.54, 1.807) is 12.3 Å². The average Bonchev–Trinajstić information content (AvgIpc) is 2.45. The molecule has 0 amide bonds. The topological polar surface area (TPSA) is 80.5 Å². The lowest BCUT2D eigenvalue weighted by atomic mass is 9.98. The van der Waals surface area contributed by atoms with Crippen molar-refractivity contribution in [2.24, 2.45) is 5.92 Å². The van der Waals surface area contributed by atoms with E-state index < -0.39 is 5.97 Å². The monoisotopic (exact) mass is 278 g/mol. The number of methoxy groups -OCH3 is 1. The van der Waals surface area contributed by atoms with Crippen molar-refractivity contribution < 1.29 is 9.53 Å². The minimum Gasteiger partial charge on any atom is -0.465 e. The third-order valence-electron chi connectivity index (χ3n) is 3.59. The zero-order valence-electron chi connectivity index (χ0n) is 12.1. The number of anilines is 2. The molecular formula is C14H22N4O2. The zero-order chi connectivity index (χ0) is 14.5. The number of nitrogens with one attached hydrogen (secondary N) is 1. The molecular weight excluding hydrogens is 256 g/mol. The summed E-state index contributed by atoms with van der Waals surface area (Å²) in [5.41, 5.74) is 6.51. The molecule has 1 saturated heterocycles. The van der Waals surface area contributed by atoms with Gasteiger partial charge < -0.3 is 20.7 Å². The van der Waals surface area contributed by atoms with E-state index in [9.17, 15) is 4.79 Å².